The second-order valence-electron chi connectivity index (χ2n) is 12.0. The maximum absolute atomic E-state index is 9.25. The molecule has 2 fully saturated rings. The lowest BCUT2D eigenvalue weighted by Crippen LogP contribution is -2.33. The lowest BCUT2D eigenvalue weighted by molar-refractivity contribution is 0.207. The number of aromatic amines is 1. The van der Waals surface area contributed by atoms with Crippen LogP contribution in [0.2, 0.25) is 5.02 Å². The number of nitrogens with zero attached hydrogens (tertiary/aromatic N) is 4. The van der Waals surface area contributed by atoms with Gasteiger partial charge in [0.15, 0.2) is 0 Å². The molecule has 0 spiro atoms. The minimum Gasteiger partial charge on any atom is -0.457 e. The number of piperidine rings is 1. The summed E-state index contributed by atoms with van der Waals surface area (Å²) in [5.74, 6) is 3.88. The third-order valence-corrected chi connectivity index (χ3v) is 9.18. The molecule has 0 radical (unpaired) electrons. The number of hydrogen-bond acceptors (Lipinski definition) is 4. The second-order valence-corrected chi connectivity index (χ2v) is 12.4. The zero-order chi connectivity index (χ0) is 29.2. The molecule has 6 nitrogen and oxygen atoms in total. The van der Waals surface area contributed by atoms with Gasteiger partial charge in [-0.2, -0.15) is 5.26 Å². The van der Waals surface area contributed by atoms with Gasteiger partial charge in [-0.1, -0.05) is 11.6 Å². The normalized spacial score (nSPS) is 16.0. The second kappa shape index (κ2) is 12.3. The van der Waals surface area contributed by atoms with E-state index in [2.05, 4.69) is 45.0 Å². The Morgan fingerprint density at radius 3 is 2.37 bits per heavy atom. The van der Waals surface area contributed by atoms with Crippen LogP contribution >= 0.6 is 11.6 Å². The number of unbranched alkanes of at least 4 members (excludes halogenated alkanes) is 1. The molecule has 1 saturated heterocycles. The summed E-state index contributed by atoms with van der Waals surface area (Å²) in [5, 5.41) is 11.1. The molecule has 1 N–H and O–H groups in total. The molecule has 2 aromatic heterocycles. The van der Waals surface area contributed by atoms with Gasteiger partial charge in [0.25, 0.3) is 0 Å². The third kappa shape index (κ3) is 6.34. The number of H-pyrrole nitrogens is 1. The molecule has 1 saturated carbocycles. The van der Waals surface area contributed by atoms with Crippen molar-refractivity contribution in [1.82, 2.24) is 19.4 Å². The van der Waals surface area contributed by atoms with E-state index in [0.29, 0.717) is 16.9 Å². The van der Waals surface area contributed by atoms with Crippen molar-refractivity contribution in [3.63, 3.8) is 0 Å². The summed E-state index contributed by atoms with van der Waals surface area (Å²) in [4.78, 5) is 11.2. The fourth-order valence-electron chi connectivity index (χ4n) is 6.32. The first kappa shape index (κ1) is 27.8. The highest BCUT2D eigenvalue weighted by Crippen LogP contribution is 2.42. The van der Waals surface area contributed by atoms with E-state index in [4.69, 9.17) is 21.3 Å². The van der Waals surface area contributed by atoms with Crippen LogP contribution in [-0.4, -0.2) is 39.1 Å². The summed E-state index contributed by atoms with van der Waals surface area (Å²) in [7, 11) is 0. The van der Waals surface area contributed by atoms with Gasteiger partial charge >= 0.3 is 0 Å². The summed E-state index contributed by atoms with van der Waals surface area (Å²) < 4.78 is 8.32. The molecule has 1 aliphatic heterocycles. The molecule has 218 valence electrons. The van der Waals surface area contributed by atoms with Crippen molar-refractivity contribution >= 4 is 22.5 Å². The molecular formula is C36H36ClN5O. The smallest absolute Gasteiger partial charge is 0.127 e. The van der Waals surface area contributed by atoms with Crippen LogP contribution in [0.1, 0.15) is 73.0 Å². The minimum absolute atomic E-state index is 0.517. The number of benzene rings is 3. The van der Waals surface area contributed by atoms with Crippen molar-refractivity contribution in [2.75, 3.05) is 19.6 Å². The van der Waals surface area contributed by atoms with Gasteiger partial charge in [0.05, 0.1) is 17.3 Å². The summed E-state index contributed by atoms with van der Waals surface area (Å²) in [6.45, 7) is 3.40. The zero-order valence-electron chi connectivity index (χ0n) is 24.3. The fourth-order valence-corrected chi connectivity index (χ4v) is 6.44. The lowest BCUT2D eigenvalue weighted by atomic mass is 9.94. The highest BCUT2D eigenvalue weighted by Gasteiger charge is 2.31. The molecule has 5 aromatic rings. The Kier molecular flexibility index (Phi) is 7.93. The van der Waals surface area contributed by atoms with Crippen molar-refractivity contribution in [3.05, 3.63) is 107 Å². The minimum atomic E-state index is 0.517. The molecule has 43 heavy (non-hydrogen) atoms. The Hall–Kier alpha value is -4.05. The number of ether oxygens (including phenoxy) is 1. The molecule has 3 aromatic carbocycles. The van der Waals surface area contributed by atoms with Gasteiger partial charge in [0.2, 0.25) is 0 Å². The van der Waals surface area contributed by atoms with E-state index in [1.165, 1.54) is 41.7 Å². The Bertz CT molecular complexity index is 1740. The average Bonchev–Trinajstić information content (AvgIpc) is 3.67. The Labute approximate surface area is 257 Å². The number of aryl methyl sites for hydroxylation is 1. The number of fused-ring (bicyclic) bond motifs is 1. The molecular weight excluding hydrogens is 554 g/mol. The molecule has 7 rings (SSSR count). The fraction of sp³-hybridized carbons (Fsp3) is 0.333. The number of imidazole rings is 1. The predicted octanol–water partition coefficient (Wildman–Crippen LogP) is 8.75. The van der Waals surface area contributed by atoms with Crippen LogP contribution in [0.3, 0.4) is 0 Å². The van der Waals surface area contributed by atoms with Crippen molar-refractivity contribution in [2.24, 2.45) is 0 Å². The number of rotatable bonds is 10. The summed E-state index contributed by atoms with van der Waals surface area (Å²) in [6.07, 6.45) is 12.6. The van der Waals surface area contributed by atoms with Gasteiger partial charge in [-0.25, -0.2) is 4.98 Å². The van der Waals surface area contributed by atoms with Gasteiger partial charge in [0, 0.05) is 45.8 Å². The van der Waals surface area contributed by atoms with Gasteiger partial charge in [-0.05, 0) is 137 Å². The van der Waals surface area contributed by atoms with E-state index in [-0.39, 0.29) is 0 Å². The average molecular weight is 590 g/mol. The van der Waals surface area contributed by atoms with Gasteiger partial charge in [-0.3, -0.25) is 0 Å². The van der Waals surface area contributed by atoms with Gasteiger partial charge in [0.1, 0.15) is 17.3 Å². The van der Waals surface area contributed by atoms with Crippen LogP contribution in [0, 0.1) is 11.3 Å². The van der Waals surface area contributed by atoms with Crippen molar-refractivity contribution in [2.45, 2.75) is 56.8 Å². The number of halogens is 1. The van der Waals surface area contributed by atoms with E-state index in [1.807, 2.05) is 54.6 Å². The van der Waals surface area contributed by atoms with E-state index in [9.17, 15) is 5.26 Å². The molecule has 0 bridgehead atoms. The topological polar surface area (TPSA) is 69.9 Å². The predicted molar refractivity (Wildman–Crippen MR) is 171 cm³/mol. The quantitative estimate of drug-likeness (QED) is 0.165. The summed E-state index contributed by atoms with van der Waals surface area (Å²) in [5.41, 5.74) is 5.54. The van der Waals surface area contributed by atoms with E-state index < -0.39 is 0 Å². The standard InChI is InChI=1S/C36H36ClN5O/c37-29-7-11-31(12-8-29)43-32-13-9-30(10-14-32)42-24-35(40-36(42)27-5-6-27)26-16-19-41(20-17-26)18-2-1-3-28-23-39-34-15-4-25(22-38)21-33(28)34/h4,7-15,21,23-24,26-27,39H,1-3,5-6,16-20H2. The number of aromatic nitrogens is 3. The molecule has 0 amide bonds. The lowest BCUT2D eigenvalue weighted by Gasteiger charge is -2.31. The van der Waals surface area contributed by atoms with E-state index >= 15 is 0 Å². The van der Waals surface area contributed by atoms with Crippen LogP contribution in [0.15, 0.2) is 79.1 Å². The van der Waals surface area contributed by atoms with Gasteiger partial charge < -0.3 is 19.2 Å². The number of likely N-dealkylation sites (tertiary alicyclic amines) is 1. The molecule has 3 heterocycles. The van der Waals surface area contributed by atoms with E-state index in [1.54, 1.807) is 0 Å². The number of nitrogens with one attached hydrogen (secondary N) is 1. The zero-order valence-corrected chi connectivity index (χ0v) is 25.1. The maximum atomic E-state index is 9.25. The summed E-state index contributed by atoms with van der Waals surface area (Å²) in [6, 6.07) is 23.9. The van der Waals surface area contributed by atoms with Crippen LogP contribution in [0.25, 0.3) is 16.6 Å². The first-order valence-electron chi connectivity index (χ1n) is 15.5. The molecule has 0 unspecified atom stereocenters. The van der Waals surface area contributed by atoms with Crippen molar-refractivity contribution in [1.29, 1.82) is 5.26 Å². The van der Waals surface area contributed by atoms with Crippen LogP contribution < -0.4 is 4.74 Å². The Balaban J connectivity index is 0.932. The van der Waals surface area contributed by atoms with Gasteiger partial charge in [-0.15, -0.1) is 0 Å². The van der Waals surface area contributed by atoms with Crippen LogP contribution in [-0.2, 0) is 6.42 Å². The molecule has 2 aliphatic rings. The maximum Gasteiger partial charge on any atom is 0.127 e. The van der Waals surface area contributed by atoms with Crippen LogP contribution in [0.4, 0.5) is 0 Å². The van der Waals surface area contributed by atoms with Crippen LogP contribution in [0.5, 0.6) is 11.5 Å². The first-order chi connectivity index (χ1) is 21.1. The SMILES string of the molecule is N#Cc1ccc2[nH]cc(CCCCN3CCC(c4cn(-c5ccc(Oc6ccc(Cl)cc6)cc5)c(C5CC5)n4)CC3)c2c1. The largest absolute Gasteiger partial charge is 0.457 e. The summed E-state index contributed by atoms with van der Waals surface area (Å²) >= 11 is 6.00. The highest BCUT2D eigenvalue weighted by molar-refractivity contribution is 6.30. The molecule has 7 heteroatoms. The molecule has 0 atom stereocenters. The van der Waals surface area contributed by atoms with Crippen molar-refractivity contribution in [3.8, 4) is 23.3 Å². The molecule has 1 aliphatic carbocycles. The first-order valence-corrected chi connectivity index (χ1v) is 15.9. The monoisotopic (exact) mass is 589 g/mol. The number of hydrogen-bond donors (Lipinski definition) is 1. The Morgan fingerprint density at radius 1 is 0.907 bits per heavy atom. The van der Waals surface area contributed by atoms with Crippen molar-refractivity contribution < 1.29 is 4.74 Å². The Morgan fingerprint density at radius 2 is 1.65 bits per heavy atom. The highest BCUT2D eigenvalue weighted by atomic mass is 35.5. The number of nitriles is 1. The van der Waals surface area contributed by atoms with E-state index in [0.717, 1.165) is 73.6 Å². The third-order valence-electron chi connectivity index (χ3n) is 8.93.